The largest absolute Gasteiger partial charge is 0.366 e. The third kappa shape index (κ3) is 1.92. The normalized spacial score (nSPS) is 23.4. The SMILES string of the molecule is CNC1CCN(S(=O)(=O)c2cc[nH]c2)C1. The molecule has 1 saturated heterocycles. The highest BCUT2D eigenvalue weighted by atomic mass is 32.2. The molecule has 0 amide bonds. The topological polar surface area (TPSA) is 65.2 Å². The molecule has 15 heavy (non-hydrogen) atoms. The first kappa shape index (κ1) is 10.7. The molecule has 0 saturated carbocycles. The summed E-state index contributed by atoms with van der Waals surface area (Å²) in [6, 6.07) is 1.86. The minimum atomic E-state index is -3.28. The predicted molar refractivity (Wildman–Crippen MR) is 57.0 cm³/mol. The lowest BCUT2D eigenvalue weighted by Gasteiger charge is -2.15. The molecule has 5 nitrogen and oxygen atoms in total. The highest BCUT2D eigenvalue weighted by Crippen LogP contribution is 2.20. The Morgan fingerprint density at radius 2 is 2.40 bits per heavy atom. The van der Waals surface area contributed by atoms with E-state index < -0.39 is 10.0 Å². The van der Waals surface area contributed by atoms with E-state index in [1.165, 1.54) is 10.5 Å². The van der Waals surface area contributed by atoms with Crippen molar-refractivity contribution < 1.29 is 8.42 Å². The van der Waals surface area contributed by atoms with Crippen molar-refractivity contribution in [1.29, 1.82) is 0 Å². The van der Waals surface area contributed by atoms with E-state index in [2.05, 4.69) is 10.3 Å². The fraction of sp³-hybridized carbons (Fsp3) is 0.556. The van der Waals surface area contributed by atoms with E-state index in [-0.39, 0.29) is 6.04 Å². The Morgan fingerprint density at radius 1 is 1.60 bits per heavy atom. The number of aromatic amines is 1. The molecule has 6 heteroatoms. The van der Waals surface area contributed by atoms with Gasteiger partial charge in [-0.05, 0) is 19.5 Å². The first-order valence-corrected chi connectivity index (χ1v) is 6.39. The second-order valence-electron chi connectivity index (χ2n) is 3.68. The van der Waals surface area contributed by atoms with E-state index >= 15 is 0 Å². The third-order valence-electron chi connectivity index (χ3n) is 2.77. The fourth-order valence-electron chi connectivity index (χ4n) is 1.80. The van der Waals surface area contributed by atoms with Crippen molar-refractivity contribution in [3.05, 3.63) is 18.5 Å². The van der Waals surface area contributed by atoms with Crippen LogP contribution in [-0.4, -0.2) is 43.9 Å². The number of rotatable bonds is 3. The molecule has 1 aromatic heterocycles. The van der Waals surface area contributed by atoms with Crippen molar-refractivity contribution in [2.75, 3.05) is 20.1 Å². The minimum absolute atomic E-state index is 0.277. The maximum absolute atomic E-state index is 12.0. The summed E-state index contributed by atoms with van der Waals surface area (Å²) in [5.41, 5.74) is 0. The summed E-state index contributed by atoms with van der Waals surface area (Å²) < 4.78 is 25.6. The molecule has 2 N–H and O–H groups in total. The highest BCUT2D eigenvalue weighted by Gasteiger charge is 2.31. The van der Waals surface area contributed by atoms with Gasteiger partial charge < -0.3 is 10.3 Å². The summed E-state index contributed by atoms with van der Waals surface area (Å²) in [5, 5.41) is 3.10. The van der Waals surface area contributed by atoms with Gasteiger partial charge in [-0.15, -0.1) is 0 Å². The van der Waals surface area contributed by atoms with Crippen LogP contribution in [-0.2, 0) is 10.0 Å². The van der Waals surface area contributed by atoms with Gasteiger partial charge in [-0.2, -0.15) is 4.31 Å². The molecule has 84 valence electrons. The summed E-state index contributed by atoms with van der Waals surface area (Å²) in [6.07, 6.45) is 4.01. The van der Waals surface area contributed by atoms with Gasteiger partial charge in [-0.25, -0.2) is 8.42 Å². The summed E-state index contributed by atoms with van der Waals surface area (Å²) in [5.74, 6) is 0. The fourth-order valence-corrected chi connectivity index (χ4v) is 3.28. The summed E-state index contributed by atoms with van der Waals surface area (Å²) >= 11 is 0. The van der Waals surface area contributed by atoms with Crippen LogP contribution in [0, 0.1) is 0 Å². The lowest BCUT2D eigenvalue weighted by molar-refractivity contribution is 0.464. The van der Waals surface area contributed by atoms with E-state index in [0.717, 1.165) is 6.42 Å². The molecule has 1 aliphatic heterocycles. The predicted octanol–water partition coefficient (Wildman–Crippen LogP) is -0.00290. The first-order chi connectivity index (χ1) is 7.14. The minimum Gasteiger partial charge on any atom is -0.366 e. The second kappa shape index (κ2) is 3.96. The molecule has 1 atom stereocenters. The van der Waals surface area contributed by atoms with Crippen molar-refractivity contribution in [3.8, 4) is 0 Å². The number of H-pyrrole nitrogens is 1. The maximum Gasteiger partial charge on any atom is 0.244 e. The molecule has 0 aliphatic carbocycles. The van der Waals surface area contributed by atoms with E-state index in [9.17, 15) is 8.42 Å². The summed E-state index contributed by atoms with van der Waals surface area (Å²) in [7, 11) is -1.42. The van der Waals surface area contributed by atoms with Crippen LogP contribution < -0.4 is 5.32 Å². The van der Waals surface area contributed by atoms with Gasteiger partial charge in [-0.3, -0.25) is 0 Å². The lowest BCUT2D eigenvalue weighted by Crippen LogP contribution is -2.33. The van der Waals surface area contributed by atoms with Gasteiger partial charge >= 0.3 is 0 Å². The number of hydrogen-bond acceptors (Lipinski definition) is 3. The molecule has 0 radical (unpaired) electrons. The van der Waals surface area contributed by atoms with Gasteiger partial charge in [-0.1, -0.05) is 0 Å². The van der Waals surface area contributed by atoms with E-state index in [4.69, 9.17) is 0 Å². The van der Waals surface area contributed by atoms with Gasteiger partial charge in [0.25, 0.3) is 0 Å². The van der Waals surface area contributed by atoms with Gasteiger partial charge in [0.2, 0.25) is 10.0 Å². The lowest BCUT2D eigenvalue weighted by atomic mass is 10.3. The molecule has 1 aromatic rings. The summed E-state index contributed by atoms with van der Waals surface area (Å²) in [6.45, 7) is 1.16. The van der Waals surface area contributed by atoms with E-state index in [1.807, 2.05) is 7.05 Å². The molecule has 0 aromatic carbocycles. The van der Waals surface area contributed by atoms with Crippen LogP contribution in [0.1, 0.15) is 6.42 Å². The average molecular weight is 229 g/mol. The zero-order valence-corrected chi connectivity index (χ0v) is 9.42. The standard InChI is InChI=1S/C9H15N3O2S/c1-10-8-3-5-12(7-8)15(13,14)9-2-4-11-6-9/h2,4,6,8,10-11H,3,5,7H2,1H3. The monoisotopic (exact) mass is 229 g/mol. The molecule has 0 bridgehead atoms. The van der Waals surface area contributed by atoms with Crippen LogP contribution >= 0.6 is 0 Å². The summed E-state index contributed by atoms with van der Waals surface area (Å²) in [4.78, 5) is 3.11. The maximum atomic E-state index is 12.0. The van der Waals surface area contributed by atoms with Gasteiger partial charge in [0.15, 0.2) is 0 Å². The smallest absolute Gasteiger partial charge is 0.244 e. The average Bonchev–Trinajstić information content (AvgIpc) is 2.89. The zero-order valence-electron chi connectivity index (χ0n) is 8.60. The first-order valence-electron chi connectivity index (χ1n) is 4.95. The van der Waals surface area contributed by atoms with Crippen LogP contribution in [0.3, 0.4) is 0 Å². The molecular formula is C9H15N3O2S. The zero-order chi connectivity index (χ0) is 10.9. The number of nitrogens with one attached hydrogen (secondary N) is 2. The van der Waals surface area contributed by atoms with Gasteiger partial charge in [0.1, 0.15) is 0 Å². The van der Waals surface area contributed by atoms with Crippen LogP contribution in [0.25, 0.3) is 0 Å². The Labute approximate surface area is 89.5 Å². The van der Waals surface area contributed by atoms with E-state index in [1.54, 1.807) is 12.3 Å². The highest BCUT2D eigenvalue weighted by molar-refractivity contribution is 7.89. The van der Waals surface area contributed by atoms with Crippen molar-refractivity contribution in [1.82, 2.24) is 14.6 Å². The quantitative estimate of drug-likeness (QED) is 0.766. The van der Waals surface area contributed by atoms with Crippen LogP contribution in [0.2, 0.25) is 0 Å². The van der Waals surface area contributed by atoms with Crippen LogP contribution in [0.15, 0.2) is 23.4 Å². The Balaban J connectivity index is 2.18. The Morgan fingerprint density at radius 3 is 2.93 bits per heavy atom. The van der Waals surface area contributed by atoms with Crippen molar-refractivity contribution in [2.45, 2.75) is 17.4 Å². The molecule has 1 unspecified atom stereocenters. The molecule has 1 fully saturated rings. The number of aromatic nitrogens is 1. The molecular weight excluding hydrogens is 214 g/mol. The second-order valence-corrected chi connectivity index (χ2v) is 5.62. The third-order valence-corrected chi connectivity index (χ3v) is 4.63. The Hall–Kier alpha value is -0.850. The van der Waals surface area contributed by atoms with Crippen molar-refractivity contribution in [3.63, 3.8) is 0 Å². The Bertz CT molecular complexity index is 413. The molecule has 2 heterocycles. The number of hydrogen-bond donors (Lipinski definition) is 2. The number of likely N-dealkylation sites (N-methyl/N-ethyl adjacent to an activating group) is 1. The number of sulfonamides is 1. The van der Waals surface area contributed by atoms with Gasteiger partial charge in [0.05, 0.1) is 4.90 Å². The van der Waals surface area contributed by atoms with Crippen LogP contribution in [0.4, 0.5) is 0 Å². The van der Waals surface area contributed by atoms with Crippen LogP contribution in [0.5, 0.6) is 0 Å². The van der Waals surface area contributed by atoms with E-state index in [0.29, 0.717) is 18.0 Å². The van der Waals surface area contributed by atoms with Crippen molar-refractivity contribution in [2.24, 2.45) is 0 Å². The Kier molecular flexibility index (Phi) is 2.81. The molecule has 2 rings (SSSR count). The van der Waals surface area contributed by atoms with Crippen molar-refractivity contribution >= 4 is 10.0 Å². The molecule has 0 spiro atoms. The number of nitrogens with zero attached hydrogens (tertiary/aromatic N) is 1. The molecule has 1 aliphatic rings. The van der Waals surface area contributed by atoms with Gasteiger partial charge in [0, 0.05) is 31.5 Å².